The summed E-state index contributed by atoms with van der Waals surface area (Å²) in [4.78, 5) is 0. The standard InChI is InChI=1S/C10H21/c1-6-9(2)7-8-10(3,4)5/h6-8H2,1-5H3. The van der Waals surface area contributed by atoms with Gasteiger partial charge in [-0.15, -0.1) is 0 Å². The second-order valence-corrected chi connectivity index (χ2v) is 4.37. The normalized spacial score (nSPS) is 12.6. The second-order valence-electron chi connectivity index (χ2n) is 4.37. The van der Waals surface area contributed by atoms with Gasteiger partial charge in [-0.25, -0.2) is 0 Å². The molecule has 1 radical (unpaired) electrons. The summed E-state index contributed by atoms with van der Waals surface area (Å²) in [5.41, 5.74) is 0.510. The Bertz CT molecular complexity index is 76.5. The quantitative estimate of drug-likeness (QED) is 0.560. The highest BCUT2D eigenvalue weighted by atomic mass is 14.2. The van der Waals surface area contributed by atoms with Crippen LogP contribution in [0.5, 0.6) is 0 Å². The molecule has 0 N–H and O–H groups in total. The Labute approximate surface area is 66.0 Å². The number of hydrogen-bond acceptors (Lipinski definition) is 0. The molecule has 0 aromatic carbocycles. The maximum absolute atomic E-state index is 2.30. The lowest BCUT2D eigenvalue weighted by Crippen LogP contribution is -2.06. The Morgan fingerprint density at radius 1 is 1.20 bits per heavy atom. The molecule has 0 atom stereocenters. The van der Waals surface area contributed by atoms with Crippen LogP contribution >= 0.6 is 0 Å². The van der Waals surface area contributed by atoms with E-state index in [2.05, 4.69) is 34.6 Å². The minimum absolute atomic E-state index is 0.510. The van der Waals surface area contributed by atoms with Gasteiger partial charge >= 0.3 is 0 Å². The predicted octanol–water partition coefficient (Wildman–Crippen LogP) is 3.82. The lowest BCUT2D eigenvalue weighted by atomic mass is 9.86. The van der Waals surface area contributed by atoms with Gasteiger partial charge in [0.05, 0.1) is 0 Å². The van der Waals surface area contributed by atoms with Crippen molar-refractivity contribution in [2.24, 2.45) is 5.41 Å². The van der Waals surface area contributed by atoms with Crippen LogP contribution in [-0.2, 0) is 0 Å². The maximum atomic E-state index is 2.30. The number of rotatable bonds is 3. The number of hydrogen-bond donors (Lipinski definition) is 0. The first-order valence-corrected chi connectivity index (χ1v) is 4.27. The van der Waals surface area contributed by atoms with E-state index in [0.717, 1.165) is 0 Å². The average molecular weight is 141 g/mol. The lowest BCUT2D eigenvalue weighted by Gasteiger charge is -2.19. The third-order valence-electron chi connectivity index (χ3n) is 1.91. The molecule has 0 unspecified atom stereocenters. The van der Waals surface area contributed by atoms with Crippen LogP contribution in [0.3, 0.4) is 0 Å². The molecule has 0 saturated heterocycles. The van der Waals surface area contributed by atoms with Crippen LogP contribution in [-0.4, -0.2) is 0 Å². The molecule has 0 heterocycles. The first kappa shape index (κ1) is 10.0. The molecule has 0 nitrogen and oxygen atoms in total. The van der Waals surface area contributed by atoms with Crippen molar-refractivity contribution in [1.29, 1.82) is 0 Å². The zero-order chi connectivity index (χ0) is 8.20. The zero-order valence-electron chi connectivity index (χ0n) is 8.12. The maximum Gasteiger partial charge on any atom is -0.0274 e. The summed E-state index contributed by atoms with van der Waals surface area (Å²) >= 11 is 0. The van der Waals surface area contributed by atoms with E-state index >= 15 is 0 Å². The molecule has 0 aliphatic rings. The van der Waals surface area contributed by atoms with E-state index in [0.29, 0.717) is 5.41 Å². The van der Waals surface area contributed by atoms with Gasteiger partial charge in [0.25, 0.3) is 0 Å². The summed E-state index contributed by atoms with van der Waals surface area (Å²) in [5.74, 6) is 1.63. The fourth-order valence-electron chi connectivity index (χ4n) is 0.765. The molecule has 0 spiro atoms. The minimum Gasteiger partial charge on any atom is -0.0648 e. The van der Waals surface area contributed by atoms with Crippen molar-refractivity contribution in [2.45, 2.75) is 53.9 Å². The molecule has 0 aromatic rings. The van der Waals surface area contributed by atoms with Gasteiger partial charge in [-0.05, 0) is 24.2 Å². The SMILES string of the molecule is CC[C](C)CCC(C)(C)C. The molecule has 10 heavy (non-hydrogen) atoms. The average Bonchev–Trinajstić information content (AvgIpc) is 1.81. The van der Waals surface area contributed by atoms with Crippen molar-refractivity contribution in [1.82, 2.24) is 0 Å². The van der Waals surface area contributed by atoms with Crippen molar-refractivity contribution in [3.05, 3.63) is 5.92 Å². The molecule has 0 aliphatic heterocycles. The van der Waals surface area contributed by atoms with Crippen molar-refractivity contribution >= 4 is 0 Å². The predicted molar refractivity (Wildman–Crippen MR) is 47.9 cm³/mol. The molecule has 0 heteroatoms. The largest absolute Gasteiger partial charge is 0.0648 e. The van der Waals surface area contributed by atoms with E-state index in [1.54, 1.807) is 5.92 Å². The molecule has 0 aliphatic carbocycles. The summed E-state index contributed by atoms with van der Waals surface area (Å²) in [6, 6.07) is 0. The molecule has 0 fully saturated rings. The molecular formula is C10H21. The van der Waals surface area contributed by atoms with E-state index in [4.69, 9.17) is 0 Å². The van der Waals surface area contributed by atoms with Crippen molar-refractivity contribution in [3.63, 3.8) is 0 Å². The Balaban J connectivity index is 3.36. The topological polar surface area (TPSA) is 0 Å². The van der Waals surface area contributed by atoms with Crippen molar-refractivity contribution < 1.29 is 0 Å². The first-order valence-electron chi connectivity index (χ1n) is 4.27. The smallest absolute Gasteiger partial charge is 0.0274 e. The monoisotopic (exact) mass is 141 g/mol. The van der Waals surface area contributed by atoms with Gasteiger partial charge in [-0.3, -0.25) is 0 Å². The molecule has 61 valence electrons. The summed E-state index contributed by atoms with van der Waals surface area (Å²) in [6.07, 6.45) is 3.88. The zero-order valence-corrected chi connectivity index (χ0v) is 8.12. The third-order valence-corrected chi connectivity index (χ3v) is 1.91. The van der Waals surface area contributed by atoms with Gasteiger partial charge in [-0.2, -0.15) is 0 Å². The Kier molecular flexibility index (Phi) is 4.00. The van der Waals surface area contributed by atoms with Crippen LogP contribution < -0.4 is 0 Å². The van der Waals surface area contributed by atoms with Crippen molar-refractivity contribution in [3.8, 4) is 0 Å². The van der Waals surface area contributed by atoms with Crippen LogP contribution in [0.4, 0.5) is 0 Å². The van der Waals surface area contributed by atoms with Gasteiger partial charge in [0.15, 0.2) is 0 Å². The molecule has 0 amide bonds. The van der Waals surface area contributed by atoms with Crippen LogP contribution in [0.25, 0.3) is 0 Å². The van der Waals surface area contributed by atoms with Crippen LogP contribution in [0.15, 0.2) is 0 Å². The fourth-order valence-corrected chi connectivity index (χ4v) is 0.765. The highest BCUT2D eigenvalue weighted by Crippen LogP contribution is 2.25. The van der Waals surface area contributed by atoms with Gasteiger partial charge in [-0.1, -0.05) is 41.0 Å². The summed E-state index contributed by atoms with van der Waals surface area (Å²) in [7, 11) is 0. The van der Waals surface area contributed by atoms with E-state index in [1.807, 2.05) is 0 Å². The van der Waals surface area contributed by atoms with Crippen LogP contribution in [0.2, 0.25) is 0 Å². The van der Waals surface area contributed by atoms with Crippen molar-refractivity contribution in [2.75, 3.05) is 0 Å². The Hall–Kier alpha value is 0. The summed E-state index contributed by atoms with van der Waals surface area (Å²) in [6.45, 7) is 11.4. The van der Waals surface area contributed by atoms with Gasteiger partial charge in [0, 0.05) is 0 Å². The molecular weight excluding hydrogens is 120 g/mol. The van der Waals surface area contributed by atoms with E-state index in [1.165, 1.54) is 19.3 Å². The third kappa shape index (κ3) is 6.12. The first-order chi connectivity index (χ1) is 4.45. The fraction of sp³-hybridized carbons (Fsp3) is 0.900. The minimum atomic E-state index is 0.510. The Morgan fingerprint density at radius 3 is 2.00 bits per heavy atom. The van der Waals surface area contributed by atoms with Gasteiger partial charge in [0.1, 0.15) is 0 Å². The molecule has 0 aromatic heterocycles. The highest BCUT2D eigenvalue weighted by Gasteiger charge is 2.11. The second kappa shape index (κ2) is 4.00. The van der Waals surface area contributed by atoms with Gasteiger partial charge in [0.2, 0.25) is 0 Å². The van der Waals surface area contributed by atoms with E-state index in [-0.39, 0.29) is 0 Å². The van der Waals surface area contributed by atoms with Crippen LogP contribution in [0.1, 0.15) is 53.9 Å². The van der Waals surface area contributed by atoms with Crippen LogP contribution in [0, 0.1) is 11.3 Å². The highest BCUT2D eigenvalue weighted by molar-refractivity contribution is 4.83. The van der Waals surface area contributed by atoms with Gasteiger partial charge < -0.3 is 0 Å². The summed E-state index contributed by atoms with van der Waals surface area (Å²) < 4.78 is 0. The summed E-state index contributed by atoms with van der Waals surface area (Å²) in [5, 5.41) is 0. The molecule has 0 rings (SSSR count). The van der Waals surface area contributed by atoms with E-state index in [9.17, 15) is 0 Å². The van der Waals surface area contributed by atoms with E-state index < -0.39 is 0 Å². The molecule has 0 bridgehead atoms. The lowest BCUT2D eigenvalue weighted by molar-refractivity contribution is 0.367. The molecule has 0 saturated carbocycles. The Morgan fingerprint density at radius 2 is 1.70 bits per heavy atom.